The number of allylic oxidation sites excluding steroid dienone is 9. The summed E-state index contributed by atoms with van der Waals surface area (Å²) in [6.07, 6.45) is 54.5. The van der Waals surface area contributed by atoms with Gasteiger partial charge < -0.3 is 15.5 Å². The van der Waals surface area contributed by atoms with Crippen LogP contribution in [0.5, 0.6) is 0 Å². The highest BCUT2D eigenvalue weighted by Crippen LogP contribution is 2.14. The molecule has 0 saturated carbocycles. The molecule has 0 fully saturated rings. The molecule has 0 aliphatic carbocycles. The summed E-state index contributed by atoms with van der Waals surface area (Å²) in [5, 5.41) is 23.0. The molecule has 0 aromatic heterocycles. The van der Waals surface area contributed by atoms with Gasteiger partial charge in [0.2, 0.25) is 5.91 Å². The number of unbranched alkanes of at least 4 members (excludes halogenated alkanes) is 21. The van der Waals surface area contributed by atoms with Crippen molar-refractivity contribution in [1.29, 1.82) is 0 Å². The molecule has 4 heteroatoms. The van der Waals surface area contributed by atoms with Crippen molar-refractivity contribution in [1.82, 2.24) is 5.32 Å². The van der Waals surface area contributed by atoms with Crippen LogP contribution < -0.4 is 5.32 Å². The minimum Gasteiger partial charge on any atom is -0.394 e. The van der Waals surface area contributed by atoms with Gasteiger partial charge in [-0.2, -0.15) is 0 Å². The lowest BCUT2D eigenvalue weighted by molar-refractivity contribution is -0.123. The molecule has 0 aromatic rings. The summed E-state index contributed by atoms with van der Waals surface area (Å²) in [6, 6.07) is -0.628. The quantitative estimate of drug-likeness (QED) is 0.0459. The Labute approximate surface area is 298 Å². The highest BCUT2D eigenvalue weighted by atomic mass is 16.3. The molecule has 0 bridgehead atoms. The number of hydrogen-bond acceptors (Lipinski definition) is 3. The van der Waals surface area contributed by atoms with Crippen LogP contribution in [0.3, 0.4) is 0 Å². The van der Waals surface area contributed by atoms with Crippen molar-refractivity contribution < 1.29 is 15.0 Å². The molecule has 0 spiro atoms. The van der Waals surface area contributed by atoms with Crippen molar-refractivity contribution in [2.75, 3.05) is 6.61 Å². The van der Waals surface area contributed by atoms with E-state index >= 15 is 0 Å². The van der Waals surface area contributed by atoms with E-state index in [4.69, 9.17) is 0 Å². The largest absolute Gasteiger partial charge is 0.394 e. The molecule has 0 saturated heterocycles. The molecule has 278 valence electrons. The summed E-state index contributed by atoms with van der Waals surface area (Å²) in [5.41, 5.74) is 0. The zero-order valence-electron chi connectivity index (χ0n) is 31.7. The summed E-state index contributed by atoms with van der Waals surface area (Å²) in [6.45, 7) is 4.18. The normalized spacial score (nSPS) is 13.7. The fourth-order valence-electron chi connectivity index (χ4n) is 5.87. The average Bonchev–Trinajstić information content (AvgIpc) is 3.09. The third-order valence-corrected chi connectivity index (χ3v) is 9.01. The van der Waals surface area contributed by atoms with Crippen LogP contribution in [0.1, 0.15) is 194 Å². The van der Waals surface area contributed by atoms with Crippen LogP contribution in [-0.2, 0) is 4.79 Å². The first-order valence-corrected chi connectivity index (χ1v) is 20.5. The van der Waals surface area contributed by atoms with E-state index in [0.29, 0.717) is 6.42 Å². The van der Waals surface area contributed by atoms with Gasteiger partial charge in [0, 0.05) is 6.42 Å². The first-order chi connectivity index (χ1) is 23.7. The number of amides is 1. The minimum atomic E-state index is -0.844. The van der Waals surface area contributed by atoms with E-state index < -0.39 is 12.1 Å². The Hall–Kier alpha value is -1.91. The van der Waals surface area contributed by atoms with Crippen molar-refractivity contribution in [2.45, 2.75) is 206 Å². The summed E-state index contributed by atoms with van der Waals surface area (Å²) >= 11 is 0. The summed E-state index contributed by atoms with van der Waals surface area (Å²) in [4.78, 5) is 12.4. The van der Waals surface area contributed by atoms with Gasteiger partial charge in [-0.25, -0.2) is 0 Å². The number of carbonyl (C=O) groups excluding carboxylic acids is 1. The monoisotopic (exact) mass is 670 g/mol. The van der Waals surface area contributed by atoms with Gasteiger partial charge in [0.15, 0.2) is 0 Å². The lowest BCUT2D eigenvalue weighted by Gasteiger charge is -2.20. The summed E-state index contributed by atoms with van der Waals surface area (Å²) in [5.74, 6) is -0.0751. The molecule has 2 atom stereocenters. The molecule has 3 N–H and O–H groups in total. The van der Waals surface area contributed by atoms with Crippen LogP contribution in [0.25, 0.3) is 0 Å². The van der Waals surface area contributed by atoms with Crippen LogP contribution in [0, 0.1) is 0 Å². The second kappa shape index (κ2) is 39.5. The molecule has 0 heterocycles. The van der Waals surface area contributed by atoms with Gasteiger partial charge in [0.25, 0.3) is 0 Å². The molecule has 2 unspecified atom stereocenters. The maximum Gasteiger partial charge on any atom is 0.220 e. The Morgan fingerprint density at radius 2 is 0.917 bits per heavy atom. The van der Waals surface area contributed by atoms with Gasteiger partial charge >= 0.3 is 0 Å². The van der Waals surface area contributed by atoms with Crippen molar-refractivity contribution in [2.24, 2.45) is 0 Å². The minimum absolute atomic E-state index is 0.0751. The molecule has 0 rings (SSSR count). The smallest absolute Gasteiger partial charge is 0.220 e. The Balaban J connectivity index is 3.63. The first-order valence-electron chi connectivity index (χ1n) is 20.5. The second-order valence-corrected chi connectivity index (χ2v) is 13.7. The second-order valence-electron chi connectivity index (χ2n) is 13.7. The highest BCUT2D eigenvalue weighted by Gasteiger charge is 2.17. The number of aliphatic hydroxyl groups excluding tert-OH is 2. The van der Waals surface area contributed by atoms with Crippen molar-refractivity contribution in [3.63, 3.8) is 0 Å². The Morgan fingerprint density at radius 1 is 0.521 bits per heavy atom. The average molecular weight is 670 g/mol. The number of aliphatic hydroxyl groups is 2. The van der Waals surface area contributed by atoms with Crippen LogP contribution in [-0.4, -0.2) is 34.9 Å². The molecule has 0 aromatic carbocycles. The van der Waals surface area contributed by atoms with E-state index in [-0.39, 0.29) is 12.5 Å². The fraction of sp³-hybridized carbons (Fsp3) is 0.750. The van der Waals surface area contributed by atoms with Crippen LogP contribution >= 0.6 is 0 Å². The van der Waals surface area contributed by atoms with E-state index in [0.717, 1.165) is 57.8 Å². The number of rotatable bonds is 36. The molecule has 0 aliphatic heterocycles. The topological polar surface area (TPSA) is 69.6 Å². The number of carbonyl (C=O) groups is 1. The molecule has 0 radical (unpaired) electrons. The maximum absolute atomic E-state index is 12.4. The molecule has 48 heavy (non-hydrogen) atoms. The number of hydrogen-bond donors (Lipinski definition) is 3. The van der Waals surface area contributed by atoms with Gasteiger partial charge in [-0.3, -0.25) is 4.79 Å². The van der Waals surface area contributed by atoms with Gasteiger partial charge in [0.05, 0.1) is 18.8 Å². The van der Waals surface area contributed by atoms with Gasteiger partial charge in [0.1, 0.15) is 0 Å². The van der Waals surface area contributed by atoms with Crippen molar-refractivity contribution in [3.05, 3.63) is 60.8 Å². The van der Waals surface area contributed by atoms with Crippen molar-refractivity contribution in [3.8, 4) is 0 Å². The zero-order chi connectivity index (χ0) is 35.0. The predicted octanol–water partition coefficient (Wildman–Crippen LogP) is 12.6. The van der Waals surface area contributed by atoms with E-state index in [1.54, 1.807) is 6.08 Å². The highest BCUT2D eigenvalue weighted by molar-refractivity contribution is 5.76. The third-order valence-electron chi connectivity index (χ3n) is 9.01. The molecular formula is C44H79NO3. The Kier molecular flexibility index (Phi) is 38.0. The van der Waals surface area contributed by atoms with E-state index in [1.165, 1.54) is 116 Å². The lowest BCUT2D eigenvalue weighted by atomic mass is 10.0. The number of nitrogens with one attached hydrogen (secondary N) is 1. The Bertz CT molecular complexity index is 812. The van der Waals surface area contributed by atoms with Crippen LogP contribution in [0.15, 0.2) is 60.8 Å². The summed E-state index contributed by atoms with van der Waals surface area (Å²) < 4.78 is 0. The molecule has 1 amide bonds. The van der Waals surface area contributed by atoms with Gasteiger partial charge in [-0.05, 0) is 57.8 Å². The van der Waals surface area contributed by atoms with Crippen LogP contribution in [0.2, 0.25) is 0 Å². The predicted molar refractivity (Wildman–Crippen MR) is 211 cm³/mol. The SMILES string of the molecule is CC/C=C\C/C=C\C/C=C\C/C=C\CCCCCCCCCCC(=O)NC(CO)C(O)/C=C/CCCCCCCCCCCCCCC. The van der Waals surface area contributed by atoms with E-state index in [9.17, 15) is 15.0 Å². The lowest BCUT2D eigenvalue weighted by Crippen LogP contribution is -2.45. The molecule has 4 nitrogen and oxygen atoms in total. The zero-order valence-corrected chi connectivity index (χ0v) is 31.7. The van der Waals surface area contributed by atoms with Gasteiger partial charge in [-0.1, -0.05) is 190 Å². The first kappa shape index (κ1) is 46.1. The van der Waals surface area contributed by atoms with E-state index in [1.807, 2.05) is 6.08 Å². The van der Waals surface area contributed by atoms with Crippen LogP contribution in [0.4, 0.5) is 0 Å². The third kappa shape index (κ3) is 35.4. The molecular weight excluding hydrogens is 590 g/mol. The van der Waals surface area contributed by atoms with E-state index in [2.05, 4.69) is 67.8 Å². The molecule has 0 aliphatic rings. The Morgan fingerprint density at radius 3 is 1.38 bits per heavy atom. The summed E-state index contributed by atoms with van der Waals surface area (Å²) in [7, 11) is 0. The standard InChI is InChI=1S/C44H79NO3/c1-3-5-7-9-11-13-15-17-19-20-21-22-23-24-26-28-30-32-34-36-38-40-44(48)45-42(41-46)43(47)39-37-35-33-31-29-27-25-18-16-14-12-10-8-6-4-2/h5,7,11,13,17,19,21-22,37,39,42-43,46-47H,3-4,6,8-10,12,14-16,18,20,23-36,38,40-41H2,1-2H3,(H,45,48)/b7-5-,13-11-,19-17-,22-21-,39-37+. The van der Waals surface area contributed by atoms with Gasteiger partial charge in [-0.15, -0.1) is 0 Å². The van der Waals surface area contributed by atoms with Crippen molar-refractivity contribution >= 4 is 5.91 Å². The fourth-order valence-corrected chi connectivity index (χ4v) is 5.87. The maximum atomic E-state index is 12.4.